The highest BCUT2D eigenvalue weighted by Crippen LogP contribution is 2.66. The van der Waals surface area contributed by atoms with Crippen LogP contribution in [0.4, 0.5) is 0 Å². The third-order valence-electron chi connectivity index (χ3n) is 9.92. The number of carbonyl (C=O) groups excluding carboxylic acids is 1. The Balaban J connectivity index is 1.34. The lowest BCUT2D eigenvalue weighted by atomic mass is 9.47. The number of hydrogen-bond donors (Lipinski definition) is 2. The first kappa shape index (κ1) is 18.7. The number of nitrogens with zero attached hydrogens (tertiary/aromatic N) is 1. The van der Waals surface area contributed by atoms with E-state index in [4.69, 9.17) is 0 Å². The zero-order chi connectivity index (χ0) is 19.5. The zero-order valence-electron chi connectivity index (χ0n) is 17.8. The van der Waals surface area contributed by atoms with Crippen LogP contribution in [0.5, 0.6) is 0 Å². The summed E-state index contributed by atoms with van der Waals surface area (Å²) in [4.78, 5) is 19.8. The van der Waals surface area contributed by atoms with E-state index in [0.717, 1.165) is 42.3 Å². The molecule has 3 aliphatic carbocycles. The van der Waals surface area contributed by atoms with Gasteiger partial charge in [-0.25, -0.2) is 4.98 Å². The van der Waals surface area contributed by atoms with Gasteiger partial charge in [0.15, 0.2) is 0 Å². The molecule has 4 aliphatic rings. The molecule has 0 radical (unpaired) electrons. The lowest BCUT2D eigenvalue weighted by molar-refractivity contribution is -0.136. The Morgan fingerprint density at radius 3 is 2.71 bits per heavy atom. The minimum Gasteiger partial charge on any atom is -0.353 e. The molecule has 2 unspecified atom stereocenters. The number of rotatable bonds is 3. The van der Waals surface area contributed by atoms with E-state index in [2.05, 4.69) is 36.1 Å². The molecule has 28 heavy (non-hydrogen) atoms. The summed E-state index contributed by atoms with van der Waals surface area (Å²) >= 11 is 0. The second-order valence-corrected chi connectivity index (χ2v) is 11.0. The number of hydrogen-bond acceptors (Lipinski definition) is 2. The van der Waals surface area contributed by atoms with E-state index in [1.54, 1.807) is 0 Å². The van der Waals surface area contributed by atoms with E-state index in [1.807, 2.05) is 12.4 Å². The first-order valence-corrected chi connectivity index (χ1v) is 11.7. The van der Waals surface area contributed by atoms with E-state index in [1.165, 1.54) is 44.9 Å². The van der Waals surface area contributed by atoms with Gasteiger partial charge in [-0.3, -0.25) is 4.79 Å². The normalized spacial score (nSPS) is 46.2. The van der Waals surface area contributed by atoms with Gasteiger partial charge in [-0.1, -0.05) is 20.8 Å². The standard InChI is InChI=1S/C24H37N3O/c1-15(22-25-12-13-26-22)14-16-4-6-18-17-5-7-20-24(3,11-9-21(28)27-20)19(17)8-10-23(16,18)2/h12-13,15-20H,4-11,14H2,1-3H3,(H,25,26)(H,27,28)/t15?,16-,17+,18+,19+,20?,23-,24-/m1/s1. The molecule has 1 amide bonds. The summed E-state index contributed by atoms with van der Waals surface area (Å²) in [7, 11) is 0. The molecule has 4 nitrogen and oxygen atoms in total. The summed E-state index contributed by atoms with van der Waals surface area (Å²) in [5, 5.41) is 3.36. The summed E-state index contributed by atoms with van der Waals surface area (Å²) in [6.45, 7) is 7.47. The number of piperidine rings is 1. The van der Waals surface area contributed by atoms with E-state index < -0.39 is 0 Å². The summed E-state index contributed by atoms with van der Waals surface area (Å²) < 4.78 is 0. The van der Waals surface area contributed by atoms with Crippen LogP contribution in [0.25, 0.3) is 0 Å². The Kier molecular flexibility index (Phi) is 4.41. The van der Waals surface area contributed by atoms with E-state index >= 15 is 0 Å². The van der Waals surface area contributed by atoms with Crippen molar-refractivity contribution in [2.45, 2.75) is 90.5 Å². The quantitative estimate of drug-likeness (QED) is 0.768. The van der Waals surface area contributed by atoms with Gasteiger partial charge in [0, 0.05) is 30.8 Å². The van der Waals surface area contributed by atoms with Gasteiger partial charge >= 0.3 is 0 Å². The molecular formula is C24H37N3O. The lowest BCUT2D eigenvalue weighted by Gasteiger charge is -2.60. The van der Waals surface area contributed by atoms with Crippen LogP contribution < -0.4 is 5.32 Å². The molecule has 3 saturated carbocycles. The second kappa shape index (κ2) is 6.60. The number of H-pyrrole nitrogens is 1. The molecule has 154 valence electrons. The molecule has 8 atom stereocenters. The molecule has 1 aromatic heterocycles. The molecule has 1 saturated heterocycles. The Bertz CT molecular complexity index is 730. The predicted molar refractivity (Wildman–Crippen MR) is 111 cm³/mol. The van der Waals surface area contributed by atoms with Gasteiger partial charge in [-0.15, -0.1) is 0 Å². The Labute approximate surface area is 169 Å². The number of aromatic nitrogens is 2. The van der Waals surface area contributed by atoms with Crippen molar-refractivity contribution in [1.82, 2.24) is 15.3 Å². The highest BCUT2D eigenvalue weighted by molar-refractivity contribution is 5.77. The van der Waals surface area contributed by atoms with E-state index in [0.29, 0.717) is 22.8 Å². The van der Waals surface area contributed by atoms with Crippen LogP contribution in [0, 0.1) is 34.5 Å². The van der Waals surface area contributed by atoms with Gasteiger partial charge < -0.3 is 10.3 Å². The highest BCUT2D eigenvalue weighted by Gasteiger charge is 2.60. The van der Waals surface area contributed by atoms with Crippen LogP contribution in [-0.2, 0) is 4.79 Å². The van der Waals surface area contributed by atoms with Gasteiger partial charge in [0.1, 0.15) is 5.82 Å². The van der Waals surface area contributed by atoms with E-state index in [-0.39, 0.29) is 5.91 Å². The average Bonchev–Trinajstić information content (AvgIpc) is 3.31. The number of imidazole rings is 1. The van der Waals surface area contributed by atoms with Crippen molar-refractivity contribution in [3.8, 4) is 0 Å². The number of nitrogens with one attached hydrogen (secondary N) is 2. The number of amides is 1. The Morgan fingerprint density at radius 1 is 1.11 bits per heavy atom. The van der Waals surface area contributed by atoms with Gasteiger partial charge in [0.2, 0.25) is 5.91 Å². The monoisotopic (exact) mass is 383 g/mol. The summed E-state index contributed by atoms with van der Waals surface area (Å²) in [5.74, 6) is 5.37. The number of aromatic amines is 1. The first-order chi connectivity index (χ1) is 13.4. The van der Waals surface area contributed by atoms with Crippen LogP contribution in [-0.4, -0.2) is 21.9 Å². The molecule has 1 aromatic rings. The maximum atomic E-state index is 12.0. The van der Waals surface area contributed by atoms with Crippen LogP contribution in [0.15, 0.2) is 12.4 Å². The van der Waals surface area contributed by atoms with Crippen molar-refractivity contribution < 1.29 is 4.79 Å². The molecule has 4 fully saturated rings. The second-order valence-electron chi connectivity index (χ2n) is 11.0. The van der Waals surface area contributed by atoms with Crippen molar-refractivity contribution >= 4 is 5.91 Å². The number of carbonyl (C=O) groups is 1. The molecule has 2 N–H and O–H groups in total. The molecule has 0 aromatic carbocycles. The molecule has 0 spiro atoms. The van der Waals surface area contributed by atoms with Gasteiger partial charge in [0.25, 0.3) is 0 Å². The molecule has 0 bridgehead atoms. The van der Waals surface area contributed by atoms with E-state index in [9.17, 15) is 4.79 Å². The smallest absolute Gasteiger partial charge is 0.220 e. The number of fused-ring (bicyclic) bond motifs is 5. The molecule has 2 heterocycles. The summed E-state index contributed by atoms with van der Waals surface area (Å²) in [5.41, 5.74) is 0.834. The molecular weight excluding hydrogens is 346 g/mol. The minimum absolute atomic E-state index is 0.286. The van der Waals surface area contributed by atoms with Crippen LogP contribution in [0.1, 0.15) is 90.3 Å². The van der Waals surface area contributed by atoms with Crippen LogP contribution >= 0.6 is 0 Å². The molecule has 1 aliphatic heterocycles. The third kappa shape index (κ3) is 2.69. The summed E-state index contributed by atoms with van der Waals surface area (Å²) in [6, 6.07) is 0.426. The van der Waals surface area contributed by atoms with Crippen molar-refractivity contribution in [2.24, 2.45) is 34.5 Å². The topological polar surface area (TPSA) is 57.8 Å². The third-order valence-corrected chi connectivity index (χ3v) is 9.92. The Morgan fingerprint density at radius 2 is 1.93 bits per heavy atom. The van der Waals surface area contributed by atoms with Crippen LogP contribution in [0.2, 0.25) is 0 Å². The van der Waals surface area contributed by atoms with Crippen LogP contribution in [0.3, 0.4) is 0 Å². The molecule has 4 heteroatoms. The summed E-state index contributed by atoms with van der Waals surface area (Å²) in [6.07, 6.45) is 15.0. The predicted octanol–water partition coefficient (Wildman–Crippen LogP) is 5.04. The Hall–Kier alpha value is -1.32. The lowest BCUT2D eigenvalue weighted by Crippen LogP contribution is -2.61. The van der Waals surface area contributed by atoms with Crippen molar-refractivity contribution in [3.05, 3.63) is 18.2 Å². The van der Waals surface area contributed by atoms with Crippen molar-refractivity contribution in [1.29, 1.82) is 0 Å². The van der Waals surface area contributed by atoms with Gasteiger partial charge in [-0.05, 0) is 85.9 Å². The fourth-order valence-electron chi connectivity index (χ4n) is 8.28. The first-order valence-electron chi connectivity index (χ1n) is 11.7. The minimum atomic E-state index is 0.286. The zero-order valence-corrected chi connectivity index (χ0v) is 17.8. The fraction of sp³-hybridized carbons (Fsp3) is 0.833. The fourth-order valence-corrected chi connectivity index (χ4v) is 8.28. The maximum absolute atomic E-state index is 12.0. The molecule has 5 rings (SSSR count). The van der Waals surface area contributed by atoms with Crippen molar-refractivity contribution in [3.63, 3.8) is 0 Å². The van der Waals surface area contributed by atoms with Crippen molar-refractivity contribution in [2.75, 3.05) is 0 Å². The van der Waals surface area contributed by atoms with Gasteiger partial charge in [-0.2, -0.15) is 0 Å². The largest absolute Gasteiger partial charge is 0.353 e. The SMILES string of the molecule is CC(C[C@H]1CC[C@H]2[C@@H]3CCC4NC(=O)CC[C@]4(C)[C@H]3CC[C@]12C)c1ncc[nH]1. The highest BCUT2D eigenvalue weighted by atomic mass is 16.1. The maximum Gasteiger partial charge on any atom is 0.220 e. The van der Waals surface area contributed by atoms with Gasteiger partial charge in [0.05, 0.1) is 0 Å². The average molecular weight is 384 g/mol.